The normalized spacial score (nSPS) is 18.2. The van der Waals surface area contributed by atoms with Crippen LogP contribution in [0.3, 0.4) is 0 Å². The number of aliphatic hydroxyl groups excluding tert-OH is 1. The first-order valence-electron chi connectivity index (χ1n) is 12.5. The van der Waals surface area contributed by atoms with Gasteiger partial charge in [0.25, 0.3) is 11.7 Å². The Kier molecular flexibility index (Phi) is 6.96. The maximum atomic E-state index is 13.4. The Bertz CT molecular complexity index is 1410. The zero-order valence-corrected chi connectivity index (χ0v) is 21.3. The van der Waals surface area contributed by atoms with Crippen LogP contribution in [-0.2, 0) is 22.6 Å². The lowest BCUT2D eigenvalue weighted by atomic mass is 9.93. The van der Waals surface area contributed by atoms with Gasteiger partial charge in [0.1, 0.15) is 17.3 Å². The van der Waals surface area contributed by atoms with E-state index in [-0.39, 0.29) is 29.4 Å². The van der Waals surface area contributed by atoms with Crippen molar-refractivity contribution >= 4 is 17.4 Å². The van der Waals surface area contributed by atoms with E-state index >= 15 is 0 Å². The van der Waals surface area contributed by atoms with E-state index in [4.69, 9.17) is 14.2 Å². The standard InChI is InChI=1S/C30H29NO7/c1-3-37-25-16-20(8-12-23(25)32)27-26(28(33)21-9-13-24-19(15-21)5-4-14-38-24)29(34)30(35)31(27)17-18-6-10-22(36-2)11-7-18/h6-13,15-16,27,32-33H,3-5,14,17H2,1-2H3/b28-26+. The van der Waals surface area contributed by atoms with Crippen LogP contribution in [0.2, 0.25) is 0 Å². The predicted octanol–water partition coefficient (Wildman–Crippen LogP) is 4.75. The van der Waals surface area contributed by atoms with Gasteiger partial charge in [-0.25, -0.2) is 0 Å². The number of ketones is 1. The summed E-state index contributed by atoms with van der Waals surface area (Å²) in [6.45, 7) is 2.87. The Morgan fingerprint density at radius 3 is 2.61 bits per heavy atom. The number of amides is 1. The lowest BCUT2D eigenvalue weighted by Gasteiger charge is -2.26. The number of phenols is 1. The van der Waals surface area contributed by atoms with Crippen LogP contribution in [0, 0.1) is 0 Å². The number of carbonyl (C=O) groups excluding carboxylic acids is 2. The largest absolute Gasteiger partial charge is 0.507 e. The van der Waals surface area contributed by atoms with Gasteiger partial charge in [0.2, 0.25) is 0 Å². The molecule has 8 nitrogen and oxygen atoms in total. The van der Waals surface area contributed by atoms with Crippen LogP contribution in [0.1, 0.15) is 41.6 Å². The fourth-order valence-corrected chi connectivity index (χ4v) is 4.95. The molecule has 2 aliphatic heterocycles. The van der Waals surface area contributed by atoms with Crippen LogP contribution in [0.4, 0.5) is 0 Å². The summed E-state index contributed by atoms with van der Waals surface area (Å²) >= 11 is 0. The smallest absolute Gasteiger partial charge is 0.295 e. The highest BCUT2D eigenvalue weighted by molar-refractivity contribution is 6.46. The molecule has 1 unspecified atom stereocenters. The second-order valence-electron chi connectivity index (χ2n) is 9.21. The maximum absolute atomic E-state index is 13.4. The molecule has 1 saturated heterocycles. The number of carbonyl (C=O) groups is 2. The summed E-state index contributed by atoms with van der Waals surface area (Å²) in [5, 5.41) is 21.7. The number of ether oxygens (including phenoxy) is 3. The molecule has 0 saturated carbocycles. The van der Waals surface area contributed by atoms with Crippen molar-refractivity contribution in [3.8, 4) is 23.0 Å². The fourth-order valence-electron chi connectivity index (χ4n) is 4.95. The minimum atomic E-state index is -0.899. The molecule has 8 heteroatoms. The summed E-state index contributed by atoms with van der Waals surface area (Å²) in [5.74, 6) is -0.165. The zero-order chi connectivity index (χ0) is 26.8. The minimum absolute atomic E-state index is 0.0201. The summed E-state index contributed by atoms with van der Waals surface area (Å²) < 4.78 is 16.5. The third kappa shape index (κ3) is 4.65. The van der Waals surface area contributed by atoms with Gasteiger partial charge in [-0.05, 0) is 78.9 Å². The molecule has 38 heavy (non-hydrogen) atoms. The number of fused-ring (bicyclic) bond motifs is 1. The maximum Gasteiger partial charge on any atom is 0.295 e. The number of methoxy groups -OCH3 is 1. The Morgan fingerprint density at radius 2 is 1.87 bits per heavy atom. The van der Waals surface area contributed by atoms with Crippen molar-refractivity contribution in [1.82, 2.24) is 4.90 Å². The second-order valence-corrected chi connectivity index (χ2v) is 9.21. The van der Waals surface area contributed by atoms with Gasteiger partial charge in [-0.15, -0.1) is 0 Å². The van der Waals surface area contributed by atoms with Crippen molar-refractivity contribution in [1.29, 1.82) is 0 Å². The zero-order valence-electron chi connectivity index (χ0n) is 21.3. The number of aromatic hydroxyl groups is 1. The summed E-state index contributed by atoms with van der Waals surface area (Å²) in [6, 6.07) is 16.3. The van der Waals surface area contributed by atoms with Gasteiger partial charge in [0, 0.05) is 12.1 Å². The quantitative estimate of drug-likeness (QED) is 0.266. The predicted molar refractivity (Wildman–Crippen MR) is 140 cm³/mol. The van der Waals surface area contributed by atoms with Crippen molar-refractivity contribution in [2.45, 2.75) is 32.4 Å². The van der Waals surface area contributed by atoms with Gasteiger partial charge in [0.15, 0.2) is 11.5 Å². The number of nitrogens with zero attached hydrogens (tertiary/aromatic N) is 1. The second kappa shape index (κ2) is 10.5. The van der Waals surface area contributed by atoms with E-state index in [1.54, 1.807) is 56.5 Å². The van der Waals surface area contributed by atoms with Gasteiger partial charge in [0.05, 0.1) is 31.9 Å². The number of aryl methyl sites for hydroxylation is 1. The number of Topliss-reactive ketones (excluding diaryl/α,β-unsaturated/α-hetero) is 1. The average Bonchev–Trinajstić information content (AvgIpc) is 3.19. The molecule has 3 aromatic rings. The lowest BCUT2D eigenvalue weighted by Crippen LogP contribution is -2.29. The minimum Gasteiger partial charge on any atom is -0.507 e. The molecule has 2 aliphatic rings. The molecule has 1 atom stereocenters. The molecule has 2 N–H and O–H groups in total. The molecular weight excluding hydrogens is 486 g/mol. The van der Waals surface area contributed by atoms with Gasteiger partial charge in [-0.2, -0.15) is 0 Å². The molecular formula is C30H29NO7. The number of benzene rings is 3. The van der Waals surface area contributed by atoms with Gasteiger partial charge >= 0.3 is 0 Å². The van der Waals surface area contributed by atoms with Crippen molar-refractivity contribution in [2.24, 2.45) is 0 Å². The number of rotatable bonds is 7. The highest BCUT2D eigenvalue weighted by Crippen LogP contribution is 2.43. The van der Waals surface area contributed by atoms with Crippen LogP contribution in [0.5, 0.6) is 23.0 Å². The third-order valence-corrected chi connectivity index (χ3v) is 6.83. The van der Waals surface area contributed by atoms with Crippen molar-refractivity contribution in [3.63, 3.8) is 0 Å². The van der Waals surface area contributed by atoms with E-state index in [0.717, 1.165) is 29.7 Å². The molecule has 1 amide bonds. The molecule has 2 heterocycles. The van der Waals surface area contributed by atoms with Crippen LogP contribution in [0.25, 0.3) is 5.76 Å². The first-order valence-corrected chi connectivity index (χ1v) is 12.5. The van der Waals surface area contributed by atoms with Crippen LogP contribution >= 0.6 is 0 Å². The lowest BCUT2D eigenvalue weighted by molar-refractivity contribution is -0.140. The van der Waals surface area contributed by atoms with Crippen molar-refractivity contribution in [3.05, 3.63) is 88.5 Å². The number of aliphatic hydroxyl groups is 1. The molecule has 0 aromatic heterocycles. The van der Waals surface area contributed by atoms with Gasteiger partial charge in [-0.1, -0.05) is 18.2 Å². The number of phenolic OH excluding ortho intramolecular Hbond substituents is 1. The molecule has 0 aliphatic carbocycles. The first-order chi connectivity index (χ1) is 18.4. The molecule has 0 spiro atoms. The van der Waals surface area contributed by atoms with Crippen molar-refractivity contribution < 1.29 is 34.0 Å². The van der Waals surface area contributed by atoms with E-state index < -0.39 is 17.7 Å². The molecule has 0 bridgehead atoms. The highest BCUT2D eigenvalue weighted by atomic mass is 16.5. The number of likely N-dealkylation sites (tertiary alicyclic amines) is 1. The number of hydrogen-bond donors (Lipinski definition) is 2. The summed E-state index contributed by atoms with van der Waals surface area (Å²) in [7, 11) is 1.57. The Labute approximate surface area is 220 Å². The molecule has 1 fully saturated rings. The van der Waals surface area contributed by atoms with Gasteiger partial charge in [-0.3, -0.25) is 9.59 Å². The molecule has 3 aromatic carbocycles. The van der Waals surface area contributed by atoms with Crippen LogP contribution in [0.15, 0.2) is 66.2 Å². The average molecular weight is 516 g/mol. The monoisotopic (exact) mass is 515 g/mol. The summed E-state index contributed by atoms with van der Waals surface area (Å²) in [4.78, 5) is 28.2. The van der Waals surface area contributed by atoms with Gasteiger partial charge < -0.3 is 29.3 Å². The molecule has 5 rings (SSSR count). The fraction of sp³-hybridized carbons (Fsp3) is 0.267. The highest BCUT2D eigenvalue weighted by Gasteiger charge is 2.46. The Morgan fingerprint density at radius 1 is 1.08 bits per heavy atom. The SMILES string of the molecule is CCOc1cc(C2/C(=C(\O)c3ccc4c(c3)CCCO4)C(=O)C(=O)N2Cc2ccc(OC)cc2)ccc1O. The van der Waals surface area contributed by atoms with Crippen LogP contribution < -0.4 is 14.2 Å². The van der Waals surface area contributed by atoms with E-state index in [1.807, 2.05) is 12.1 Å². The number of hydrogen-bond acceptors (Lipinski definition) is 7. The van der Waals surface area contributed by atoms with Crippen LogP contribution in [-0.4, -0.2) is 47.1 Å². The van der Waals surface area contributed by atoms with E-state index in [2.05, 4.69) is 0 Å². The van der Waals surface area contributed by atoms with Crippen molar-refractivity contribution in [2.75, 3.05) is 20.3 Å². The molecule has 196 valence electrons. The third-order valence-electron chi connectivity index (χ3n) is 6.83. The Hall–Kier alpha value is -4.46. The summed E-state index contributed by atoms with van der Waals surface area (Å²) in [6.07, 6.45) is 1.65. The first kappa shape index (κ1) is 25.2. The van der Waals surface area contributed by atoms with E-state index in [0.29, 0.717) is 30.1 Å². The Balaban J connectivity index is 1.63. The topological polar surface area (TPSA) is 106 Å². The van der Waals surface area contributed by atoms with E-state index in [1.165, 1.54) is 11.0 Å². The summed E-state index contributed by atoms with van der Waals surface area (Å²) in [5.41, 5.74) is 2.67. The van der Waals surface area contributed by atoms with E-state index in [9.17, 15) is 19.8 Å². The molecule has 0 radical (unpaired) electrons.